The van der Waals surface area contributed by atoms with Crippen LogP contribution in [0.5, 0.6) is 11.5 Å². The summed E-state index contributed by atoms with van der Waals surface area (Å²) < 4.78 is 10.7. The number of ether oxygens (including phenoxy) is 2. The minimum absolute atomic E-state index is 0.110. The van der Waals surface area contributed by atoms with E-state index in [0.717, 1.165) is 11.4 Å². The highest BCUT2D eigenvalue weighted by Gasteiger charge is 2.59. The van der Waals surface area contributed by atoms with Gasteiger partial charge in [0.05, 0.1) is 29.7 Å². The van der Waals surface area contributed by atoms with E-state index < -0.39 is 12.6 Å². The van der Waals surface area contributed by atoms with Crippen molar-refractivity contribution in [2.45, 2.75) is 13.3 Å². The fourth-order valence-corrected chi connectivity index (χ4v) is 4.60. The van der Waals surface area contributed by atoms with Crippen LogP contribution >= 0.6 is 11.6 Å². The molecular formula is C20H19ClN2O6. The number of carbonyl (C=O) groups is 3. The number of nitrogens with zero attached hydrogens (tertiary/aromatic N) is 2. The van der Waals surface area contributed by atoms with Crippen LogP contribution < -0.4 is 9.47 Å². The van der Waals surface area contributed by atoms with Crippen LogP contribution in [-0.2, 0) is 14.4 Å². The largest absolute Gasteiger partial charge is 0.490 e. The van der Waals surface area contributed by atoms with Crippen molar-refractivity contribution in [1.29, 1.82) is 0 Å². The summed E-state index contributed by atoms with van der Waals surface area (Å²) in [6, 6.07) is 3.06. The van der Waals surface area contributed by atoms with Gasteiger partial charge in [0, 0.05) is 0 Å². The molecule has 1 aromatic carbocycles. The zero-order chi connectivity index (χ0) is 20.7. The van der Waals surface area contributed by atoms with E-state index in [1.165, 1.54) is 12.3 Å². The summed E-state index contributed by atoms with van der Waals surface area (Å²) in [5.74, 6) is -1.73. The van der Waals surface area contributed by atoms with E-state index in [1.54, 1.807) is 13.0 Å². The van der Waals surface area contributed by atoms with Crippen molar-refractivity contribution in [2.24, 2.45) is 28.8 Å². The molecule has 1 aromatic rings. The number of aliphatic carboxylic acids is 1. The number of hydrazone groups is 1. The van der Waals surface area contributed by atoms with Gasteiger partial charge in [-0.3, -0.25) is 9.59 Å². The predicted molar refractivity (Wildman–Crippen MR) is 103 cm³/mol. The van der Waals surface area contributed by atoms with E-state index in [-0.39, 0.29) is 52.0 Å². The Bertz CT molecular complexity index is 913. The number of rotatable bonds is 7. The van der Waals surface area contributed by atoms with Crippen molar-refractivity contribution in [3.8, 4) is 11.5 Å². The molecule has 2 fully saturated rings. The van der Waals surface area contributed by atoms with Crippen LogP contribution in [-0.4, -0.2) is 47.3 Å². The van der Waals surface area contributed by atoms with Gasteiger partial charge in [0.1, 0.15) is 0 Å². The van der Waals surface area contributed by atoms with Crippen LogP contribution in [0, 0.1) is 23.7 Å². The number of benzene rings is 1. The second-order valence-corrected chi connectivity index (χ2v) is 7.59. The van der Waals surface area contributed by atoms with Gasteiger partial charge in [0.2, 0.25) is 0 Å². The first-order valence-electron chi connectivity index (χ1n) is 9.31. The molecule has 8 nitrogen and oxygen atoms in total. The fourth-order valence-electron chi connectivity index (χ4n) is 4.32. The summed E-state index contributed by atoms with van der Waals surface area (Å²) in [4.78, 5) is 36.1. The van der Waals surface area contributed by atoms with Gasteiger partial charge in [0.25, 0.3) is 11.8 Å². The number of fused-ring (bicyclic) bond motifs is 5. The average molecular weight is 419 g/mol. The molecule has 1 aliphatic heterocycles. The molecular weight excluding hydrogens is 400 g/mol. The molecule has 2 bridgehead atoms. The molecule has 1 saturated carbocycles. The van der Waals surface area contributed by atoms with Crippen LogP contribution in [0.15, 0.2) is 29.4 Å². The van der Waals surface area contributed by atoms with Crippen LogP contribution in [0.2, 0.25) is 5.02 Å². The van der Waals surface area contributed by atoms with E-state index in [1.807, 2.05) is 12.2 Å². The number of hydrogen-bond donors (Lipinski definition) is 1. The third-order valence-electron chi connectivity index (χ3n) is 5.44. The molecule has 2 amide bonds. The van der Waals surface area contributed by atoms with Crippen molar-refractivity contribution in [1.82, 2.24) is 5.01 Å². The summed E-state index contributed by atoms with van der Waals surface area (Å²) in [6.07, 6.45) is 6.26. The van der Waals surface area contributed by atoms with Gasteiger partial charge in [-0.1, -0.05) is 23.8 Å². The Morgan fingerprint density at radius 1 is 1.24 bits per heavy atom. The quantitative estimate of drug-likeness (QED) is 0.414. The fraction of sp³-hybridized carbons (Fsp3) is 0.400. The van der Waals surface area contributed by atoms with E-state index in [0.29, 0.717) is 12.2 Å². The molecule has 152 valence electrons. The summed E-state index contributed by atoms with van der Waals surface area (Å²) in [5.41, 5.74) is 0.486. The normalized spacial score (nSPS) is 27.2. The third kappa shape index (κ3) is 3.37. The number of carboxylic acids is 1. The van der Waals surface area contributed by atoms with Crippen LogP contribution in [0.3, 0.4) is 0 Å². The van der Waals surface area contributed by atoms with Crippen molar-refractivity contribution in [3.05, 3.63) is 34.9 Å². The van der Waals surface area contributed by atoms with Gasteiger partial charge >= 0.3 is 5.97 Å². The number of amides is 2. The molecule has 3 aliphatic rings. The second kappa shape index (κ2) is 7.51. The van der Waals surface area contributed by atoms with Gasteiger partial charge in [-0.2, -0.15) is 10.1 Å². The SMILES string of the molecule is CCOc1cc(C=NN2C(=O)[C@@H]3[C@H](C2=O)[C@H]2C=C[C@H]3C2)cc(Cl)c1OCC(=O)O. The highest BCUT2D eigenvalue weighted by atomic mass is 35.5. The highest BCUT2D eigenvalue weighted by molar-refractivity contribution is 6.32. The Morgan fingerprint density at radius 2 is 1.90 bits per heavy atom. The minimum atomic E-state index is -1.14. The Kier molecular flexibility index (Phi) is 5.04. The average Bonchev–Trinajstić information content (AvgIpc) is 3.34. The standard InChI is InChI=1S/C20H19ClN2O6/c1-2-28-14-6-10(5-13(21)18(14)29-9-15(24)25)8-22-23-19(26)16-11-3-4-12(7-11)17(16)20(23)27/h3-6,8,11-12,16-17H,2,7,9H2,1H3,(H,24,25)/t11-,12-,16-,17+/m0/s1. The molecule has 1 saturated heterocycles. The van der Waals surface area contributed by atoms with E-state index in [2.05, 4.69) is 5.10 Å². The van der Waals surface area contributed by atoms with Gasteiger partial charge in [-0.15, -0.1) is 0 Å². The molecule has 2 aliphatic carbocycles. The van der Waals surface area contributed by atoms with Crippen molar-refractivity contribution < 1.29 is 29.0 Å². The molecule has 0 aromatic heterocycles. The first kappa shape index (κ1) is 19.4. The number of allylic oxidation sites excluding steroid dienone is 2. The summed E-state index contributed by atoms with van der Waals surface area (Å²) in [7, 11) is 0. The third-order valence-corrected chi connectivity index (χ3v) is 5.72. The first-order valence-corrected chi connectivity index (χ1v) is 9.69. The molecule has 0 unspecified atom stereocenters. The molecule has 1 heterocycles. The van der Waals surface area contributed by atoms with E-state index in [4.69, 9.17) is 26.2 Å². The lowest BCUT2D eigenvalue weighted by atomic mass is 9.85. The van der Waals surface area contributed by atoms with Gasteiger partial charge in [0.15, 0.2) is 18.1 Å². The molecule has 4 rings (SSSR count). The molecule has 0 spiro atoms. The monoisotopic (exact) mass is 418 g/mol. The number of carbonyl (C=O) groups excluding carboxylic acids is 2. The van der Waals surface area contributed by atoms with E-state index in [9.17, 15) is 14.4 Å². The first-order chi connectivity index (χ1) is 13.9. The van der Waals surface area contributed by atoms with Crippen molar-refractivity contribution >= 4 is 35.6 Å². The Hall–Kier alpha value is -2.87. The highest BCUT2D eigenvalue weighted by Crippen LogP contribution is 2.52. The Labute approximate surface area is 171 Å². The van der Waals surface area contributed by atoms with Crippen LogP contribution in [0.1, 0.15) is 18.9 Å². The maximum absolute atomic E-state index is 12.7. The summed E-state index contributed by atoms with van der Waals surface area (Å²) in [6.45, 7) is 1.50. The number of carboxylic acid groups (broad SMARTS) is 1. The number of hydrogen-bond acceptors (Lipinski definition) is 6. The van der Waals surface area contributed by atoms with Crippen molar-refractivity contribution in [2.75, 3.05) is 13.2 Å². The lowest BCUT2D eigenvalue weighted by molar-refractivity contribution is -0.141. The Balaban J connectivity index is 1.56. The lowest BCUT2D eigenvalue weighted by Crippen LogP contribution is -2.28. The maximum Gasteiger partial charge on any atom is 0.341 e. The van der Waals surface area contributed by atoms with Crippen LogP contribution in [0.25, 0.3) is 0 Å². The minimum Gasteiger partial charge on any atom is -0.490 e. The van der Waals surface area contributed by atoms with Gasteiger partial charge in [-0.05, 0) is 42.9 Å². The smallest absolute Gasteiger partial charge is 0.341 e. The number of halogens is 1. The summed E-state index contributed by atoms with van der Waals surface area (Å²) >= 11 is 6.22. The van der Waals surface area contributed by atoms with Gasteiger partial charge in [-0.25, -0.2) is 4.79 Å². The zero-order valence-electron chi connectivity index (χ0n) is 15.6. The summed E-state index contributed by atoms with van der Waals surface area (Å²) in [5, 5.41) is 14.0. The molecule has 1 N–H and O–H groups in total. The second-order valence-electron chi connectivity index (χ2n) is 7.18. The molecule has 0 radical (unpaired) electrons. The lowest BCUT2D eigenvalue weighted by Gasteiger charge is -2.14. The molecule has 29 heavy (non-hydrogen) atoms. The van der Waals surface area contributed by atoms with Crippen LogP contribution in [0.4, 0.5) is 0 Å². The molecule has 4 atom stereocenters. The zero-order valence-corrected chi connectivity index (χ0v) is 16.3. The predicted octanol–water partition coefficient (Wildman–Crippen LogP) is 2.34. The number of imide groups is 1. The topological polar surface area (TPSA) is 106 Å². The Morgan fingerprint density at radius 3 is 2.48 bits per heavy atom. The van der Waals surface area contributed by atoms with Crippen molar-refractivity contribution in [3.63, 3.8) is 0 Å². The molecule has 9 heteroatoms. The van der Waals surface area contributed by atoms with E-state index >= 15 is 0 Å². The maximum atomic E-state index is 12.7. The van der Waals surface area contributed by atoms with Gasteiger partial charge < -0.3 is 14.6 Å².